The normalized spacial score (nSPS) is 10.0. The first-order valence-corrected chi connectivity index (χ1v) is 6.52. The van der Waals surface area contributed by atoms with Crippen LogP contribution in [0, 0.1) is 5.82 Å². The molecule has 21 heavy (non-hydrogen) atoms. The largest absolute Gasteiger partial charge is 0.273 e. The Hall–Kier alpha value is -2.40. The maximum Gasteiger partial charge on any atom is 0.272 e. The van der Waals surface area contributed by atoms with Crippen LogP contribution in [0.5, 0.6) is 0 Å². The van der Waals surface area contributed by atoms with Gasteiger partial charge in [0.2, 0.25) is 5.91 Å². The van der Waals surface area contributed by atoms with Crippen LogP contribution in [0.2, 0.25) is 5.02 Å². The molecule has 6 heteroatoms. The van der Waals surface area contributed by atoms with Gasteiger partial charge < -0.3 is 0 Å². The monoisotopic (exact) mass is 306 g/mol. The van der Waals surface area contributed by atoms with Crippen molar-refractivity contribution >= 4 is 23.4 Å². The zero-order valence-electron chi connectivity index (χ0n) is 10.9. The molecule has 2 aromatic rings. The van der Waals surface area contributed by atoms with E-state index in [0.29, 0.717) is 0 Å². The van der Waals surface area contributed by atoms with Crippen molar-refractivity contribution in [3.05, 3.63) is 70.5 Å². The van der Waals surface area contributed by atoms with Gasteiger partial charge in [0.1, 0.15) is 5.82 Å². The molecule has 0 aliphatic carbocycles. The van der Waals surface area contributed by atoms with Crippen molar-refractivity contribution in [3.8, 4) is 0 Å². The van der Waals surface area contributed by atoms with Crippen molar-refractivity contribution in [2.24, 2.45) is 0 Å². The second-order valence-corrected chi connectivity index (χ2v) is 4.73. The summed E-state index contributed by atoms with van der Waals surface area (Å²) >= 11 is 5.60. The number of hydrogen-bond acceptors (Lipinski definition) is 2. The first kappa shape index (κ1) is 15.0. The van der Waals surface area contributed by atoms with E-state index in [4.69, 9.17) is 11.6 Å². The topological polar surface area (TPSA) is 58.2 Å². The molecule has 0 radical (unpaired) electrons. The van der Waals surface area contributed by atoms with Crippen molar-refractivity contribution in [3.63, 3.8) is 0 Å². The fourth-order valence-electron chi connectivity index (χ4n) is 1.69. The van der Waals surface area contributed by atoms with Crippen LogP contribution in [-0.2, 0) is 11.2 Å². The lowest BCUT2D eigenvalue weighted by molar-refractivity contribution is -0.121. The number of hydrazine groups is 1. The van der Waals surface area contributed by atoms with Gasteiger partial charge in [0.15, 0.2) is 0 Å². The summed E-state index contributed by atoms with van der Waals surface area (Å²) in [5.74, 6) is -1.90. The van der Waals surface area contributed by atoms with E-state index in [1.165, 1.54) is 12.1 Å². The molecule has 108 valence electrons. The lowest BCUT2D eigenvalue weighted by Crippen LogP contribution is -2.42. The highest BCUT2D eigenvalue weighted by Gasteiger charge is 2.12. The third-order valence-electron chi connectivity index (χ3n) is 2.70. The summed E-state index contributed by atoms with van der Waals surface area (Å²) in [6.45, 7) is 0. The molecule has 2 aromatic carbocycles. The van der Waals surface area contributed by atoms with Crippen LogP contribution in [0.15, 0.2) is 48.5 Å². The molecule has 0 aliphatic heterocycles. The van der Waals surface area contributed by atoms with Crippen molar-refractivity contribution in [2.75, 3.05) is 0 Å². The standard InChI is InChI=1S/C15H12ClFN2O2/c16-11-6-7-12(13(17)9-11)15(21)19-18-14(20)8-10-4-2-1-3-5-10/h1-7,9H,8H2,(H,18,20)(H,19,21). The number of hydrogen-bond donors (Lipinski definition) is 2. The number of amides is 2. The molecule has 4 nitrogen and oxygen atoms in total. The van der Waals surface area contributed by atoms with Gasteiger partial charge in [-0.15, -0.1) is 0 Å². The molecule has 0 atom stereocenters. The summed E-state index contributed by atoms with van der Waals surface area (Å²) in [6, 6.07) is 12.7. The number of nitrogens with one attached hydrogen (secondary N) is 2. The minimum atomic E-state index is -0.752. The van der Waals surface area contributed by atoms with Crippen LogP contribution >= 0.6 is 11.6 Å². The average Bonchev–Trinajstić information content (AvgIpc) is 2.46. The van der Waals surface area contributed by atoms with E-state index in [1.807, 2.05) is 18.2 Å². The number of benzene rings is 2. The highest BCUT2D eigenvalue weighted by Crippen LogP contribution is 2.14. The van der Waals surface area contributed by atoms with Gasteiger partial charge in [0, 0.05) is 5.02 Å². The van der Waals surface area contributed by atoms with Gasteiger partial charge in [-0.05, 0) is 23.8 Å². The van der Waals surface area contributed by atoms with Gasteiger partial charge in [-0.3, -0.25) is 20.4 Å². The zero-order valence-corrected chi connectivity index (χ0v) is 11.7. The van der Waals surface area contributed by atoms with Gasteiger partial charge in [-0.1, -0.05) is 41.9 Å². The molecule has 0 aliphatic rings. The molecule has 2 N–H and O–H groups in total. The Morgan fingerprint density at radius 2 is 1.76 bits per heavy atom. The van der Waals surface area contributed by atoms with Gasteiger partial charge in [0.05, 0.1) is 12.0 Å². The van der Waals surface area contributed by atoms with Gasteiger partial charge in [-0.2, -0.15) is 0 Å². The molecule has 0 unspecified atom stereocenters. The summed E-state index contributed by atoms with van der Waals surface area (Å²) in [5, 5.41) is 0.192. The van der Waals surface area contributed by atoms with Crippen LogP contribution < -0.4 is 10.9 Å². The third-order valence-corrected chi connectivity index (χ3v) is 2.93. The van der Waals surface area contributed by atoms with E-state index in [9.17, 15) is 14.0 Å². The molecule has 0 saturated carbocycles. The number of halogens is 2. The van der Waals surface area contributed by atoms with Crippen molar-refractivity contribution in [1.29, 1.82) is 0 Å². The van der Waals surface area contributed by atoms with Gasteiger partial charge >= 0.3 is 0 Å². The minimum Gasteiger partial charge on any atom is -0.273 e. The Morgan fingerprint density at radius 1 is 1.05 bits per heavy atom. The fraction of sp³-hybridized carbons (Fsp3) is 0.0667. The molecule has 0 heterocycles. The quantitative estimate of drug-likeness (QED) is 0.856. The molecular weight excluding hydrogens is 295 g/mol. The lowest BCUT2D eigenvalue weighted by atomic mass is 10.1. The first-order valence-electron chi connectivity index (χ1n) is 6.14. The SMILES string of the molecule is O=C(Cc1ccccc1)NNC(=O)c1ccc(Cl)cc1F. The predicted octanol–water partition coefficient (Wildman–Crippen LogP) is 2.48. The Balaban J connectivity index is 1.90. The molecule has 0 aromatic heterocycles. The third kappa shape index (κ3) is 4.29. The minimum absolute atomic E-state index is 0.115. The number of carbonyl (C=O) groups is 2. The summed E-state index contributed by atoms with van der Waals surface area (Å²) in [6.07, 6.45) is 0.115. The first-order chi connectivity index (χ1) is 10.1. The Kier molecular flexibility index (Phi) is 4.90. The molecular formula is C15H12ClFN2O2. The Morgan fingerprint density at radius 3 is 2.43 bits per heavy atom. The summed E-state index contributed by atoms with van der Waals surface area (Å²) in [4.78, 5) is 23.4. The lowest BCUT2D eigenvalue weighted by Gasteiger charge is -2.08. The van der Waals surface area contributed by atoms with Crippen molar-refractivity contribution in [1.82, 2.24) is 10.9 Å². The molecule has 2 rings (SSSR count). The van der Waals surface area contributed by atoms with Crippen LogP contribution in [0.3, 0.4) is 0 Å². The fourth-order valence-corrected chi connectivity index (χ4v) is 1.85. The Bertz CT molecular complexity index is 662. The van der Waals surface area contributed by atoms with E-state index in [2.05, 4.69) is 10.9 Å². The summed E-state index contributed by atoms with van der Waals surface area (Å²) in [7, 11) is 0. The highest BCUT2D eigenvalue weighted by molar-refractivity contribution is 6.30. The molecule has 0 bridgehead atoms. The maximum atomic E-state index is 13.5. The maximum absolute atomic E-state index is 13.5. The van der Waals surface area contributed by atoms with E-state index in [1.54, 1.807) is 12.1 Å². The molecule has 2 amide bonds. The zero-order chi connectivity index (χ0) is 15.2. The highest BCUT2D eigenvalue weighted by atomic mass is 35.5. The van der Waals surface area contributed by atoms with E-state index in [-0.39, 0.29) is 17.0 Å². The van der Waals surface area contributed by atoms with Crippen LogP contribution in [0.4, 0.5) is 4.39 Å². The van der Waals surface area contributed by atoms with Crippen LogP contribution in [0.25, 0.3) is 0 Å². The van der Waals surface area contributed by atoms with Gasteiger partial charge in [-0.25, -0.2) is 4.39 Å². The summed E-state index contributed by atoms with van der Waals surface area (Å²) < 4.78 is 13.5. The predicted molar refractivity (Wildman–Crippen MR) is 77.2 cm³/mol. The van der Waals surface area contributed by atoms with E-state index < -0.39 is 17.6 Å². The summed E-state index contributed by atoms with van der Waals surface area (Å²) in [5.41, 5.74) is 5.00. The second kappa shape index (κ2) is 6.85. The molecule has 0 saturated heterocycles. The van der Waals surface area contributed by atoms with Crippen LogP contribution in [-0.4, -0.2) is 11.8 Å². The second-order valence-electron chi connectivity index (χ2n) is 4.29. The van der Waals surface area contributed by atoms with Crippen LogP contribution in [0.1, 0.15) is 15.9 Å². The van der Waals surface area contributed by atoms with Crippen molar-refractivity contribution < 1.29 is 14.0 Å². The van der Waals surface area contributed by atoms with Gasteiger partial charge in [0.25, 0.3) is 5.91 Å². The van der Waals surface area contributed by atoms with E-state index in [0.717, 1.165) is 11.6 Å². The molecule has 0 spiro atoms. The van der Waals surface area contributed by atoms with Crippen molar-refractivity contribution in [2.45, 2.75) is 6.42 Å². The average molecular weight is 307 g/mol. The number of carbonyl (C=O) groups excluding carboxylic acids is 2. The Labute approximate surface area is 125 Å². The van der Waals surface area contributed by atoms with E-state index >= 15 is 0 Å². The molecule has 0 fully saturated rings. The number of rotatable bonds is 3. The smallest absolute Gasteiger partial charge is 0.272 e.